The Bertz CT molecular complexity index is 342. The Balaban J connectivity index is 2.03. The molecule has 0 nitrogen and oxygen atoms in total. The Hall–Kier alpha value is 0.260. The van der Waals surface area contributed by atoms with E-state index in [4.69, 9.17) is 0 Å². The summed E-state index contributed by atoms with van der Waals surface area (Å²) < 4.78 is 0.721. The van der Waals surface area contributed by atoms with Gasteiger partial charge in [0.2, 0.25) is 0 Å². The van der Waals surface area contributed by atoms with Gasteiger partial charge in [-0.05, 0) is 42.6 Å². The molecule has 2 fully saturated rings. The van der Waals surface area contributed by atoms with E-state index in [0.29, 0.717) is 10.8 Å². The highest BCUT2D eigenvalue weighted by atomic mass is 32.2. The average Bonchev–Trinajstić information content (AvgIpc) is 2.39. The Morgan fingerprint density at radius 2 is 1.58 bits per heavy atom. The van der Waals surface area contributed by atoms with Gasteiger partial charge in [-0.2, -0.15) is 0 Å². The normalized spacial score (nSPS) is 31.4. The summed E-state index contributed by atoms with van der Waals surface area (Å²) in [5.41, 5.74) is 0.784. The molecule has 0 spiro atoms. The Kier molecular flexibility index (Phi) is 5.23. The second-order valence-corrected chi connectivity index (χ2v) is 9.73. The van der Waals surface area contributed by atoms with Crippen molar-refractivity contribution in [3.63, 3.8) is 0 Å². The van der Waals surface area contributed by atoms with Crippen molar-refractivity contribution in [1.82, 2.24) is 0 Å². The highest BCUT2D eigenvalue weighted by Gasteiger charge is 2.42. The lowest BCUT2D eigenvalue weighted by molar-refractivity contribution is 0.278. The largest absolute Gasteiger partial charge is 0.146 e. The van der Waals surface area contributed by atoms with Crippen molar-refractivity contribution in [3.05, 3.63) is 0 Å². The molecule has 1 saturated carbocycles. The summed E-state index contributed by atoms with van der Waals surface area (Å²) in [6, 6.07) is 0. The second-order valence-electron chi connectivity index (χ2n) is 7.15. The number of rotatable bonds is 1. The van der Waals surface area contributed by atoms with Gasteiger partial charge in [-0.1, -0.05) is 46.0 Å². The molecule has 0 amide bonds. The van der Waals surface area contributed by atoms with E-state index < -0.39 is 0 Å². The summed E-state index contributed by atoms with van der Waals surface area (Å²) in [7, 11) is 0. The fourth-order valence-corrected chi connectivity index (χ4v) is 7.46. The first-order chi connectivity index (χ1) is 8.98. The lowest BCUT2D eigenvalue weighted by Crippen LogP contribution is -2.38. The Labute approximate surface area is 128 Å². The second kappa shape index (κ2) is 6.35. The van der Waals surface area contributed by atoms with E-state index in [1.807, 2.05) is 6.92 Å². The van der Waals surface area contributed by atoms with Crippen molar-refractivity contribution in [2.24, 2.45) is 16.7 Å². The first-order valence-electron chi connectivity index (χ1n) is 7.65. The van der Waals surface area contributed by atoms with Crippen molar-refractivity contribution in [2.75, 3.05) is 11.5 Å². The van der Waals surface area contributed by atoms with Crippen LogP contribution in [0.1, 0.15) is 59.8 Å². The van der Waals surface area contributed by atoms with Crippen molar-refractivity contribution < 1.29 is 0 Å². The van der Waals surface area contributed by atoms with Gasteiger partial charge in [0.05, 0.1) is 10.00 Å². The van der Waals surface area contributed by atoms with E-state index in [-0.39, 0.29) is 0 Å². The maximum Gasteiger partial charge on any atom is 0.0668 e. The van der Waals surface area contributed by atoms with E-state index in [9.17, 15) is 0 Å². The van der Waals surface area contributed by atoms with Gasteiger partial charge in [0, 0.05) is 0 Å². The molecule has 0 atom stereocenters. The van der Waals surface area contributed by atoms with Crippen LogP contribution in [0.25, 0.3) is 0 Å². The van der Waals surface area contributed by atoms with E-state index in [1.54, 1.807) is 0 Å². The van der Waals surface area contributed by atoms with Crippen molar-refractivity contribution in [3.8, 4) is 11.8 Å². The first-order valence-corrected chi connectivity index (χ1v) is 9.75. The topological polar surface area (TPSA) is 0 Å². The molecule has 0 N–H and O–H groups in total. The molecule has 108 valence electrons. The minimum Gasteiger partial charge on any atom is -0.146 e. The third-order valence-electron chi connectivity index (χ3n) is 4.69. The zero-order valence-electron chi connectivity index (χ0n) is 12.9. The van der Waals surface area contributed by atoms with E-state index in [2.05, 4.69) is 56.1 Å². The fourth-order valence-electron chi connectivity index (χ4n) is 3.17. The molecule has 0 radical (unpaired) electrons. The average molecular weight is 297 g/mol. The summed E-state index contributed by atoms with van der Waals surface area (Å²) in [4.78, 5) is 0. The summed E-state index contributed by atoms with van der Waals surface area (Å²) in [5.74, 6) is 10.4. The smallest absolute Gasteiger partial charge is 0.0668 e. The van der Waals surface area contributed by atoms with Crippen molar-refractivity contribution in [2.45, 2.75) is 64.4 Å². The van der Waals surface area contributed by atoms with Gasteiger partial charge in [0.25, 0.3) is 0 Å². The molecule has 0 unspecified atom stereocenters. The lowest BCUT2D eigenvalue weighted by atomic mass is 9.76. The van der Waals surface area contributed by atoms with Gasteiger partial charge < -0.3 is 0 Å². The zero-order chi connectivity index (χ0) is 13.9. The van der Waals surface area contributed by atoms with Gasteiger partial charge in [0.15, 0.2) is 0 Å². The molecule has 0 bridgehead atoms. The van der Waals surface area contributed by atoms with Crippen LogP contribution in [0, 0.1) is 28.6 Å². The van der Waals surface area contributed by atoms with Crippen LogP contribution in [0.4, 0.5) is 0 Å². The van der Waals surface area contributed by atoms with Gasteiger partial charge in [-0.15, -0.1) is 29.4 Å². The van der Waals surface area contributed by atoms with Crippen LogP contribution in [0.15, 0.2) is 0 Å². The quantitative estimate of drug-likeness (QED) is 0.592. The molecule has 1 aliphatic carbocycles. The molecule has 2 rings (SSSR count). The third kappa shape index (κ3) is 3.67. The van der Waals surface area contributed by atoms with Crippen LogP contribution in [-0.4, -0.2) is 16.1 Å². The highest BCUT2D eigenvalue weighted by molar-refractivity contribution is 8.17. The van der Waals surface area contributed by atoms with Crippen LogP contribution in [0.5, 0.6) is 0 Å². The first kappa shape index (κ1) is 15.6. The van der Waals surface area contributed by atoms with Gasteiger partial charge >= 0.3 is 0 Å². The number of hydrogen-bond donors (Lipinski definition) is 0. The van der Waals surface area contributed by atoms with Crippen molar-refractivity contribution in [1.29, 1.82) is 0 Å². The SMILES string of the molecule is CC#CC1(C2SCC(C(C)(C)C)CS2)CCCCC1. The number of hydrogen-bond acceptors (Lipinski definition) is 2. The van der Waals surface area contributed by atoms with Crippen LogP contribution in [-0.2, 0) is 0 Å². The summed E-state index contributed by atoms with van der Waals surface area (Å²) in [5, 5.41) is 0. The van der Waals surface area contributed by atoms with E-state index in [1.165, 1.54) is 43.6 Å². The van der Waals surface area contributed by atoms with Gasteiger partial charge in [-0.25, -0.2) is 0 Å². The predicted octanol–water partition coefficient (Wildman–Crippen LogP) is 5.43. The van der Waals surface area contributed by atoms with Crippen LogP contribution < -0.4 is 0 Å². The molecule has 0 aromatic heterocycles. The van der Waals surface area contributed by atoms with Gasteiger partial charge in [0.1, 0.15) is 0 Å². The maximum atomic E-state index is 3.63. The summed E-state index contributed by atoms with van der Waals surface area (Å²) in [6.45, 7) is 9.19. The molecule has 1 aliphatic heterocycles. The lowest BCUT2D eigenvalue weighted by Gasteiger charge is -2.44. The third-order valence-corrected chi connectivity index (χ3v) is 8.21. The molecule has 2 aliphatic rings. The molecular formula is C17H28S2. The fraction of sp³-hybridized carbons (Fsp3) is 0.882. The number of thioether (sulfide) groups is 2. The molecule has 2 heteroatoms. The zero-order valence-corrected chi connectivity index (χ0v) is 14.6. The summed E-state index contributed by atoms with van der Waals surface area (Å²) >= 11 is 4.41. The highest BCUT2D eigenvalue weighted by Crippen LogP contribution is 2.53. The van der Waals surface area contributed by atoms with Crippen LogP contribution in [0.2, 0.25) is 0 Å². The van der Waals surface area contributed by atoms with Crippen LogP contribution in [0.3, 0.4) is 0 Å². The van der Waals surface area contributed by atoms with Gasteiger partial charge in [-0.3, -0.25) is 0 Å². The standard InChI is InChI=1S/C17H28S2/c1-5-9-17(10-7-6-8-11-17)15-18-12-14(13-19-15)16(2,3)4/h14-15H,6-8,10-13H2,1-4H3. The Morgan fingerprint density at radius 1 is 1.00 bits per heavy atom. The predicted molar refractivity (Wildman–Crippen MR) is 90.6 cm³/mol. The monoisotopic (exact) mass is 296 g/mol. The minimum absolute atomic E-state index is 0.325. The minimum atomic E-state index is 0.325. The molecule has 1 heterocycles. The molecule has 19 heavy (non-hydrogen) atoms. The Morgan fingerprint density at radius 3 is 2.05 bits per heavy atom. The van der Waals surface area contributed by atoms with E-state index >= 15 is 0 Å². The summed E-state index contributed by atoms with van der Waals surface area (Å²) in [6.07, 6.45) is 6.85. The molecule has 0 aromatic rings. The van der Waals surface area contributed by atoms with Crippen molar-refractivity contribution >= 4 is 23.5 Å². The molecular weight excluding hydrogens is 268 g/mol. The van der Waals surface area contributed by atoms with Crippen LogP contribution >= 0.6 is 23.5 Å². The van der Waals surface area contributed by atoms with E-state index in [0.717, 1.165) is 10.5 Å². The molecule has 1 saturated heterocycles. The maximum absolute atomic E-state index is 3.63. The molecule has 0 aromatic carbocycles.